The van der Waals surface area contributed by atoms with Crippen LogP contribution in [-0.2, 0) is 0 Å². The fraction of sp³-hybridized carbons (Fsp3) is 0. The number of fused-ring (bicyclic) bond motifs is 2. The van der Waals surface area contributed by atoms with Crippen molar-refractivity contribution in [1.29, 1.82) is 42.1 Å². The van der Waals surface area contributed by atoms with Gasteiger partial charge in [0, 0.05) is 33.4 Å². The largest absolute Gasteiger partial charge is 0.205 e. The van der Waals surface area contributed by atoms with Gasteiger partial charge in [0.05, 0.1) is 34.4 Å². The summed E-state index contributed by atoms with van der Waals surface area (Å²) in [6.45, 7) is 0. The number of rotatable bonds is 2. The van der Waals surface area contributed by atoms with Crippen LogP contribution in [0.25, 0.3) is 44.5 Å². The Morgan fingerprint density at radius 3 is 0.977 bits per heavy atom. The molecule has 0 saturated heterocycles. The van der Waals surface area contributed by atoms with Crippen LogP contribution in [0.2, 0.25) is 0 Å². The molecule has 0 amide bonds. The SMILES string of the molecule is N#CC(C#N)=C1C(F)=C(C#N)c2c1c(-c1ccc(C#N)cc1)c1c(c2-c2ccc(C#N)cc2)C(=C(C#N)C#N)C(F)=C1C#N. The van der Waals surface area contributed by atoms with Crippen molar-refractivity contribution >= 4 is 22.3 Å². The van der Waals surface area contributed by atoms with Crippen LogP contribution in [0.4, 0.5) is 8.78 Å². The van der Waals surface area contributed by atoms with Gasteiger partial charge < -0.3 is 0 Å². The molecule has 0 aliphatic heterocycles. The Morgan fingerprint density at radius 2 is 0.727 bits per heavy atom. The van der Waals surface area contributed by atoms with Gasteiger partial charge in [0.25, 0.3) is 0 Å². The Hall–Kier alpha value is -7.60. The van der Waals surface area contributed by atoms with E-state index < -0.39 is 45.1 Å². The fourth-order valence-corrected chi connectivity index (χ4v) is 5.39. The molecule has 2 aliphatic rings. The van der Waals surface area contributed by atoms with E-state index in [9.17, 15) is 42.1 Å². The molecule has 0 fully saturated rings. The zero-order chi connectivity index (χ0) is 31.7. The quantitative estimate of drug-likeness (QED) is 0.302. The average molecular weight is 566 g/mol. The minimum absolute atomic E-state index is 0.0628. The lowest BCUT2D eigenvalue weighted by Gasteiger charge is -2.22. The van der Waals surface area contributed by atoms with Crippen LogP contribution < -0.4 is 0 Å². The number of benzene rings is 3. The second-order valence-electron chi connectivity index (χ2n) is 9.18. The minimum atomic E-state index is -1.22. The first-order chi connectivity index (χ1) is 21.3. The van der Waals surface area contributed by atoms with Gasteiger partial charge in [-0.25, -0.2) is 8.78 Å². The average Bonchev–Trinajstić information content (AvgIpc) is 3.51. The summed E-state index contributed by atoms with van der Waals surface area (Å²) in [6.07, 6.45) is 0. The molecule has 0 spiro atoms. The summed E-state index contributed by atoms with van der Waals surface area (Å²) in [5.74, 6) is -2.44. The highest BCUT2D eigenvalue weighted by atomic mass is 19.1. The molecule has 198 valence electrons. The molecule has 5 rings (SSSR count). The highest BCUT2D eigenvalue weighted by Gasteiger charge is 2.43. The van der Waals surface area contributed by atoms with E-state index in [1.165, 1.54) is 48.5 Å². The number of nitriles is 8. The first-order valence-electron chi connectivity index (χ1n) is 12.3. The van der Waals surface area contributed by atoms with Crippen molar-refractivity contribution < 1.29 is 8.78 Å². The normalized spacial score (nSPS) is 12.3. The molecular formula is C34H8F2N8. The Kier molecular flexibility index (Phi) is 6.83. The van der Waals surface area contributed by atoms with E-state index in [0.29, 0.717) is 0 Å². The van der Waals surface area contributed by atoms with Crippen molar-refractivity contribution in [2.75, 3.05) is 0 Å². The van der Waals surface area contributed by atoms with Crippen molar-refractivity contribution in [3.8, 4) is 70.8 Å². The highest BCUT2D eigenvalue weighted by molar-refractivity contribution is 6.20. The maximum absolute atomic E-state index is 16.3. The Morgan fingerprint density at radius 1 is 0.409 bits per heavy atom. The molecule has 0 saturated carbocycles. The van der Waals surface area contributed by atoms with Crippen molar-refractivity contribution in [3.63, 3.8) is 0 Å². The van der Waals surface area contributed by atoms with E-state index in [4.69, 9.17) is 0 Å². The molecule has 2 aliphatic carbocycles. The molecule has 8 nitrogen and oxygen atoms in total. The molecule has 0 radical (unpaired) electrons. The zero-order valence-electron chi connectivity index (χ0n) is 22.0. The van der Waals surface area contributed by atoms with Crippen LogP contribution in [-0.4, -0.2) is 0 Å². The van der Waals surface area contributed by atoms with Crippen LogP contribution in [0, 0.1) is 90.6 Å². The molecule has 0 atom stereocenters. The lowest BCUT2D eigenvalue weighted by atomic mass is 9.78. The lowest BCUT2D eigenvalue weighted by molar-refractivity contribution is 0.681. The Labute approximate surface area is 248 Å². The van der Waals surface area contributed by atoms with E-state index >= 15 is 8.78 Å². The van der Waals surface area contributed by atoms with Gasteiger partial charge in [0.2, 0.25) is 0 Å². The smallest absolute Gasteiger partial charge is 0.151 e. The van der Waals surface area contributed by atoms with Crippen molar-refractivity contribution in [2.45, 2.75) is 0 Å². The summed E-state index contributed by atoms with van der Waals surface area (Å²) in [5, 5.41) is 78.3. The predicted octanol–water partition coefficient (Wildman–Crippen LogP) is 6.80. The van der Waals surface area contributed by atoms with Gasteiger partial charge in [-0.3, -0.25) is 0 Å². The van der Waals surface area contributed by atoms with E-state index in [2.05, 4.69) is 0 Å². The van der Waals surface area contributed by atoms with Gasteiger partial charge in [-0.1, -0.05) is 24.3 Å². The number of halogens is 2. The van der Waals surface area contributed by atoms with Gasteiger partial charge in [-0.2, -0.15) is 42.1 Å². The third-order valence-electron chi connectivity index (χ3n) is 7.15. The molecule has 3 aromatic rings. The summed E-state index contributed by atoms with van der Waals surface area (Å²) in [6, 6.07) is 25.3. The molecule has 0 unspecified atom stereocenters. The molecule has 0 bridgehead atoms. The summed E-state index contributed by atoms with van der Waals surface area (Å²) in [5.41, 5.74) is -3.74. The summed E-state index contributed by atoms with van der Waals surface area (Å²) in [7, 11) is 0. The topological polar surface area (TPSA) is 190 Å². The second-order valence-corrected chi connectivity index (χ2v) is 9.18. The zero-order valence-corrected chi connectivity index (χ0v) is 22.0. The van der Waals surface area contributed by atoms with Crippen LogP contribution in [0.5, 0.6) is 0 Å². The molecule has 0 heterocycles. The summed E-state index contributed by atoms with van der Waals surface area (Å²) < 4.78 is 32.5. The third kappa shape index (κ3) is 3.81. The van der Waals surface area contributed by atoms with Gasteiger partial charge in [0.15, 0.2) is 11.7 Å². The Balaban J connectivity index is 2.21. The first kappa shape index (κ1) is 27.9. The van der Waals surface area contributed by atoms with Crippen molar-refractivity contribution in [3.05, 3.63) is 105 Å². The van der Waals surface area contributed by atoms with E-state index in [1.807, 2.05) is 12.1 Å². The molecule has 0 aromatic heterocycles. The number of hydrogen-bond donors (Lipinski definition) is 0. The van der Waals surface area contributed by atoms with Crippen LogP contribution in [0.1, 0.15) is 33.4 Å². The van der Waals surface area contributed by atoms with Crippen molar-refractivity contribution in [1.82, 2.24) is 0 Å². The van der Waals surface area contributed by atoms with Crippen LogP contribution >= 0.6 is 0 Å². The summed E-state index contributed by atoms with van der Waals surface area (Å²) >= 11 is 0. The predicted molar refractivity (Wildman–Crippen MR) is 150 cm³/mol. The molecule has 10 heteroatoms. The third-order valence-corrected chi connectivity index (χ3v) is 7.15. The van der Waals surface area contributed by atoms with Gasteiger partial charge in [0.1, 0.15) is 47.6 Å². The molecule has 44 heavy (non-hydrogen) atoms. The second kappa shape index (κ2) is 10.8. The van der Waals surface area contributed by atoms with Gasteiger partial charge >= 0.3 is 0 Å². The Bertz CT molecular complexity index is 2150. The summed E-state index contributed by atoms with van der Waals surface area (Å²) in [4.78, 5) is 0. The van der Waals surface area contributed by atoms with Gasteiger partial charge in [-0.05, 0) is 46.5 Å². The number of nitrogens with zero attached hydrogens (tertiary/aromatic N) is 8. The first-order valence-corrected chi connectivity index (χ1v) is 12.3. The van der Waals surface area contributed by atoms with E-state index in [-0.39, 0.29) is 55.6 Å². The van der Waals surface area contributed by atoms with Gasteiger partial charge in [-0.15, -0.1) is 0 Å². The lowest BCUT2D eigenvalue weighted by Crippen LogP contribution is -2.04. The maximum atomic E-state index is 16.3. The fourth-order valence-electron chi connectivity index (χ4n) is 5.39. The number of hydrogen-bond acceptors (Lipinski definition) is 8. The molecule has 0 N–H and O–H groups in total. The van der Waals surface area contributed by atoms with E-state index in [1.54, 1.807) is 36.4 Å². The number of allylic oxidation sites excluding steroid dienone is 8. The van der Waals surface area contributed by atoms with Crippen molar-refractivity contribution in [2.24, 2.45) is 0 Å². The van der Waals surface area contributed by atoms with Crippen LogP contribution in [0.15, 0.2) is 71.3 Å². The molecular weight excluding hydrogens is 558 g/mol. The molecule has 3 aromatic carbocycles. The van der Waals surface area contributed by atoms with E-state index in [0.717, 1.165) is 0 Å². The standard InChI is InChI=1S/C34H8F2N8/c35-33-23(15-43)29-25(19-5-1-17(9-37)2-6-19)31-27(21(11-39)12-40)34(36)24(16-44)30(31)26(20-7-3-18(10-38)4-8-20)32(29)28(33)22(13-41)14-42/h1-8H. The highest BCUT2D eigenvalue weighted by Crippen LogP contribution is 2.59. The monoisotopic (exact) mass is 566 g/mol. The van der Waals surface area contributed by atoms with Crippen LogP contribution in [0.3, 0.4) is 0 Å². The minimum Gasteiger partial charge on any atom is -0.205 e. The maximum Gasteiger partial charge on any atom is 0.151 e.